The lowest BCUT2D eigenvalue weighted by atomic mass is 10.2. The van der Waals surface area contributed by atoms with Crippen molar-refractivity contribution in [3.05, 3.63) is 24.3 Å². The summed E-state index contributed by atoms with van der Waals surface area (Å²) in [5, 5.41) is 2.84. The number of ether oxygens (including phenoxy) is 1. The molecule has 0 spiro atoms. The number of sulfonamides is 1. The second-order valence-corrected chi connectivity index (χ2v) is 8.36. The van der Waals surface area contributed by atoms with E-state index in [0.717, 1.165) is 38.5 Å². The summed E-state index contributed by atoms with van der Waals surface area (Å²) in [6, 6.07) is 6.62. The summed E-state index contributed by atoms with van der Waals surface area (Å²) < 4.78 is 32.3. The molecule has 3 rings (SSSR count). The Bertz CT molecular complexity index is 660. The van der Waals surface area contributed by atoms with E-state index in [1.54, 1.807) is 28.6 Å². The van der Waals surface area contributed by atoms with Crippen molar-refractivity contribution in [3.8, 4) is 5.75 Å². The van der Waals surface area contributed by atoms with Crippen molar-refractivity contribution >= 4 is 15.9 Å². The van der Waals surface area contributed by atoms with Crippen LogP contribution in [0.3, 0.4) is 0 Å². The van der Waals surface area contributed by atoms with E-state index >= 15 is 0 Å². The minimum Gasteiger partial charge on any atom is -0.484 e. The predicted molar refractivity (Wildman–Crippen MR) is 90.3 cm³/mol. The molecule has 0 atom stereocenters. The van der Waals surface area contributed by atoms with Crippen LogP contribution in [0.1, 0.15) is 38.5 Å². The molecular formula is C17H24N2O4S. The molecule has 7 heteroatoms. The zero-order chi connectivity index (χ0) is 17.0. The minimum atomic E-state index is -3.44. The van der Waals surface area contributed by atoms with Crippen LogP contribution in [0.15, 0.2) is 29.2 Å². The van der Waals surface area contributed by atoms with Crippen molar-refractivity contribution in [1.29, 1.82) is 0 Å². The number of rotatable bonds is 6. The second kappa shape index (κ2) is 7.53. The topological polar surface area (TPSA) is 75.7 Å². The largest absolute Gasteiger partial charge is 0.484 e. The van der Waals surface area contributed by atoms with E-state index in [1.807, 2.05) is 0 Å². The van der Waals surface area contributed by atoms with Gasteiger partial charge < -0.3 is 10.1 Å². The Morgan fingerprint density at radius 1 is 1.08 bits per heavy atom. The number of nitrogens with zero attached hydrogens (tertiary/aromatic N) is 1. The second-order valence-electron chi connectivity index (χ2n) is 6.42. The molecular weight excluding hydrogens is 328 g/mol. The molecule has 1 aromatic carbocycles. The molecule has 0 radical (unpaired) electrons. The molecule has 132 valence electrons. The van der Waals surface area contributed by atoms with Crippen molar-refractivity contribution < 1.29 is 17.9 Å². The molecule has 0 bridgehead atoms. The van der Waals surface area contributed by atoms with Gasteiger partial charge in [0.25, 0.3) is 5.91 Å². The van der Waals surface area contributed by atoms with Crippen LogP contribution >= 0.6 is 0 Å². The van der Waals surface area contributed by atoms with Crippen LogP contribution in [-0.2, 0) is 14.8 Å². The first-order chi connectivity index (χ1) is 11.6. The van der Waals surface area contributed by atoms with Gasteiger partial charge in [0.05, 0.1) is 4.90 Å². The van der Waals surface area contributed by atoms with Crippen LogP contribution in [-0.4, -0.2) is 44.4 Å². The maximum absolute atomic E-state index is 12.7. The van der Waals surface area contributed by atoms with Crippen LogP contribution in [0.4, 0.5) is 0 Å². The maximum Gasteiger partial charge on any atom is 0.258 e. The normalized spacial score (nSPS) is 19.5. The SMILES string of the molecule is O=C(COc1ccc(S(=O)(=O)N2CCCCCC2)cc1)NC1CC1. The minimum absolute atomic E-state index is 0.0469. The summed E-state index contributed by atoms with van der Waals surface area (Å²) in [7, 11) is -3.44. The first-order valence-electron chi connectivity index (χ1n) is 8.58. The fourth-order valence-corrected chi connectivity index (χ4v) is 4.30. The quantitative estimate of drug-likeness (QED) is 0.848. The highest BCUT2D eigenvalue weighted by Gasteiger charge is 2.25. The summed E-state index contributed by atoms with van der Waals surface area (Å²) >= 11 is 0. The van der Waals surface area contributed by atoms with Crippen LogP contribution in [0.2, 0.25) is 0 Å². The molecule has 1 saturated heterocycles. The fraction of sp³-hybridized carbons (Fsp3) is 0.588. The van der Waals surface area contributed by atoms with E-state index in [1.165, 1.54) is 0 Å². The van der Waals surface area contributed by atoms with E-state index in [2.05, 4.69) is 5.32 Å². The van der Waals surface area contributed by atoms with E-state index in [-0.39, 0.29) is 17.4 Å². The standard InChI is InChI=1S/C17H24N2O4S/c20-17(18-14-5-6-14)13-23-15-7-9-16(10-8-15)24(21,22)19-11-3-1-2-4-12-19/h7-10,14H,1-6,11-13H2,(H,18,20). The molecule has 0 unspecified atom stereocenters. The van der Waals surface area contributed by atoms with Crippen molar-refractivity contribution in [1.82, 2.24) is 9.62 Å². The molecule has 2 aliphatic rings. The van der Waals surface area contributed by atoms with E-state index in [9.17, 15) is 13.2 Å². The highest BCUT2D eigenvalue weighted by Crippen LogP contribution is 2.22. The Hall–Kier alpha value is -1.60. The van der Waals surface area contributed by atoms with Gasteiger partial charge in [-0.05, 0) is 49.9 Å². The summed E-state index contributed by atoms with van der Waals surface area (Å²) in [4.78, 5) is 11.9. The highest BCUT2D eigenvalue weighted by atomic mass is 32.2. The van der Waals surface area contributed by atoms with Gasteiger partial charge in [0.15, 0.2) is 6.61 Å². The molecule has 0 aromatic heterocycles. The van der Waals surface area contributed by atoms with E-state index in [0.29, 0.717) is 24.9 Å². The molecule has 6 nitrogen and oxygen atoms in total. The monoisotopic (exact) mass is 352 g/mol. The Balaban J connectivity index is 1.59. The Kier molecular flexibility index (Phi) is 5.40. The molecule has 2 fully saturated rings. The van der Waals surface area contributed by atoms with Crippen LogP contribution in [0, 0.1) is 0 Å². The van der Waals surface area contributed by atoms with Gasteiger partial charge in [0.1, 0.15) is 5.75 Å². The summed E-state index contributed by atoms with van der Waals surface area (Å²) in [5.41, 5.74) is 0. The van der Waals surface area contributed by atoms with Crippen molar-refractivity contribution in [2.24, 2.45) is 0 Å². The third-order valence-corrected chi connectivity index (χ3v) is 6.25. The van der Waals surface area contributed by atoms with Crippen molar-refractivity contribution in [2.45, 2.75) is 49.5 Å². The van der Waals surface area contributed by atoms with Gasteiger partial charge in [0, 0.05) is 19.1 Å². The van der Waals surface area contributed by atoms with Crippen molar-refractivity contribution in [3.63, 3.8) is 0 Å². The molecule has 24 heavy (non-hydrogen) atoms. The Morgan fingerprint density at radius 2 is 1.71 bits per heavy atom. The maximum atomic E-state index is 12.7. The lowest BCUT2D eigenvalue weighted by molar-refractivity contribution is -0.123. The van der Waals surface area contributed by atoms with Crippen molar-refractivity contribution in [2.75, 3.05) is 19.7 Å². The Morgan fingerprint density at radius 3 is 2.29 bits per heavy atom. The van der Waals surface area contributed by atoms with Gasteiger partial charge in [-0.1, -0.05) is 12.8 Å². The fourth-order valence-electron chi connectivity index (χ4n) is 2.78. The van der Waals surface area contributed by atoms with Gasteiger partial charge in [0.2, 0.25) is 10.0 Å². The lowest BCUT2D eigenvalue weighted by Gasteiger charge is -2.20. The number of amides is 1. The average Bonchev–Trinajstić information content (AvgIpc) is 3.40. The predicted octanol–water partition coefficient (Wildman–Crippen LogP) is 1.91. The summed E-state index contributed by atoms with van der Waals surface area (Å²) in [6.45, 7) is 1.12. The van der Waals surface area contributed by atoms with Crippen LogP contribution < -0.4 is 10.1 Å². The first kappa shape index (κ1) is 17.2. The third kappa shape index (κ3) is 4.48. The molecule has 1 N–H and O–H groups in total. The first-order valence-corrected chi connectivity index (χ1v) is 10.0. The number of carbonyl (C=O) groups is 1. The molecule has 1 aliphatic heterocycles. The van der Waals surface area contributed by atoms with Gasteiger partial charge >= 0.3 is 0 Å². The zero-order valence-corrected chi connectivity index (χ0v) is 14.6. The lowest BCUT2D eigenvalue weighted by Crippen LogP contribution is -2.32. The van der Waals surface area contributed by atoms with Gasteiger partial charge in [-0.2, -0.15) is 4.31 Å². The molecule has 1 saturated carbocycles. The van der Waals surface area contributed by atoms with Gasteiger partial charge in [-0.25, -0.2) is 8.42 Å². The third-order valence-electron chi connectivity index (χ3n) is 4.34. The zero-order valence-electron chi connectivity index (χ0n) is 13.7. The van der Waals surface area contributed by atoms with E-state index in [4.69, 9.17) is 4.74 Å². The molecule has 1 amide bonds. The number of hydrogen-bond acceptors (Lipinski definition) is 4. The highest BCUT2D eigenvalue weighted by molar-refractivity contribution is 7.89. The van der Waals surface area contributed by atoms with Gasteiger partial charge in [-0.3, -0.25) is 4.79 Å². The van der Waals surface area contributed by atoms with Gasteiger partial charge in [-0.15, -0.1) is 0 Å². The van der Waals surface area contributed by atoms with Crippen LogP contribution in [0.5, 0.6) is 5.75 Å². The Labute approximate surface area is 143 Å². The number of nitrogens with one attached hydrogen (secondary N) is 1. The summed E-state index contributed by atoms with van der Waals surface area (Å²) in [5.74, 6) is 0.356. The number of carbonyl (C=O) groups excluding carboxylic acids is 1. The van der Waals surface area contributed by atoms with Crippen LogP contribution in [0.25, 0.3) is 0 Å². The van der Waals surface area contributed by atoms with E-state index < -0.39 is 10.0 Å². The molecule has 1 heterocycles. The number of benzene rings is 1. The summed E-state index contributed by atoms with van der Waals surface area (Å²) in [6.07, 6.45) is 6.07. The molecule has 1 aromatic rings. The average molecular weight is 352 g/mol. The molecule has 1 aliphatic carbocycles. The smallest absolute Gasteiger partial charge is 0.258 e. The number of hydrogen-bond donors (Lipinski definition) is 1.